The summed E-state index contributed by atoms with van der Waals surface area (Å²) in [4.78, 5) is 4.61. The van der Waals surface area contributed by atoms with Crippen LogP contribution in [0.4, 0.5) is 10.8 Å². The van der Waals surface area contributed by atoms with Crippen LogP contribution in [0.3, 0.4) is 0 Å². The normalized spacial score (nSPS) is 13.7. The second-order valence-electron chi connectivity index (χ2n) is 4.95. The molecule has 1 aromatic heterocycles. The minimum atomic E-state index is 0.971. The minimum absolute atomic E-state index is 0.971. The molecule has 1 aliphatic carbocycles. The van der Waals surface area contributed by atoms with E-state index in [4.69, 9.17) is 0 Å². The highest BCUT2D eigenvalue weighted by Crippen LogP contribution is 2.30. The first-order valence-electron chi connectivity index (χ1n) is 6.63. The van der Waals surface area contributed by atoms with Gasteiger partial charge in [-0.15, -0.1) is 0 Å². The van der Waals surface area contributed by atoms with E-state index in [0.717, 1.165) is 16.3 Å². The third kappa shape index (κ3) is 2.00. The van der Waals surface area contributed by atoms with Crippen LogP contribution < -0.4 is 5.32 Å². The lowest BCUT2D eigenvalue weighted by Gasteiger charge is -2.05. The van der Waals surface area contributed by atoms with Gasteiger partial charge in [-0.2, -0.15) is 0 Å². The van der Waals surface area contributed by atoms with Gasteiger partial charge in [0.05, 0.1) is 10.2 Å². The molecule has 2 nitrogen and oxygen atoms in total. The van der Waals surface area contributed by atoms with Crippen LogP contribution in [0.25, 0.3) is 10.2 Å². The van der Waals surface area contributed by atoms with Crippen molar-refractivity contribution in [2.75, 3.05) is 5.32 Å². The Hall–Kier alpha value is -1.87. The van der Waals surface area contributed by atoms with Gasteiger partial charge >= 0.3 is 0 Å². The van der Waals surface area contributed by atoms with Gasteiger partial charge in [0.25, 0.3) is 0 Å². The summed E-state index contributed by atoms with van der Waals surface area (Å²) in [6.07, 6.45) is 3.74. The number of aryl methyl sites for hydroxylation is 2. The van der Waals surface area contributed by atoms with Gasteiger partial charge in [-0.3, -0.25) is 0 Å². The summed E-state index contributed by atoms with van der Waals surface area (Å²) in [6.45, 7) is 0. The maximum absolute atomic E-state index is 4.61. The molecule has 0 fully saturated rings. The summed E-state index contributed by atoms with van der Waals surface area (Å²) in [5.41, 5.74) is 5.22. The Balaban J connectivity index is 1.67. The molecule has 0 saturated heterocycles. The van der Waals surface area contributed by atoms with E-state index in [1.807, 2.05) is 6.07 Å². The molecule has 3 aromatic rings. The predicted octanol–water partition coefficient (Wildman–Crippen LogP) is 4.53. The Bertz CT molecular complexity index is 712. The molecule has 0 radical (unpaired) electrons. The lowest BCUT2D eigenvalue weighted by Crippen LogP contribution is -1.91. The van der Waals surface area contributed by atoms with Crippen molar-refractivity contribution in [1.29, 1.82) is 0 Å². The first-order chi connectivity index (χ1) is 9.38. The zero-order chi connectivity index (χ0) is 12.7. The van der Waals surface area contributed by atoms with Gasteiger partial charge < -0.3 is 5.32 Å². The number of benzene rings is 2. The number of nitrogens with zero attached hydrogens (tertiary/aromatic N) is 1. The molecule has 3 heteroatoms. The molecule has 2 aromatic carbocycles. The second-order valence-corrected chi connectivity index (χ2v) is 5.98. The molecule has 1 aliphatic rings. The van der Waals surface area contributed by atoms with E-state index in [2.05, 4.69) is 46.7 Å². The summed E-state index contributed by atoms with van der Waals surface area (Å²) in [7, 11) is 0. The van der Waals surface area contributed by atoms with Crippen LogP contribution in [-0.4, -0.2) is 4.98 Å². The lowest BCUT2D eigenvalue weighted by atomic mass is 10.1. The number of hydrogen-bond acceptors (Lipinski definition) is 3. The Kier molecular flexibility index (Phi) is 2.52. The number of rotatable bonds is 2. The van der Waals surface area contributed by atoms with Gasteiger partial charge in [0.1, 0.15) is 0 Å². The molecule has 1 N–H and O–H groups in total. The van der Waals surface area contributed by atoms with Gasteiger partial charge in [0.15, 0.2) is 5.13 Å². The summed E-state index contributed by atoms with van der Waals surface area (Å²) in [5, 5.41) is 4.40. The fourth-order valence-corrected chi connectivity index (χ4v) is 3.58. The zero-order valence-corrected chi connectivity index (χ0v) is 11.3. The van der Waals surface area contributed by atoms with Crippen LogP contribution in [0.15, 0.2) is 42.5 Å². The average Bonchev–Trinajstić information content (AvgIpc) is 3.03. The Morgan fingerprint density at radius 3 is 2.84 bits per heavy atom. The van der Waals surface area contributed by atoms with Crippen LogP contribution in [0.5, 0.6) is 0 Å². The summed E-state index contributed by atoms with van der Waals surface area (Å²) in [6, 6.07) is 14.9. The number of nitrogens with one attached hydrogen (secondary N) is 1. The molecule has 0 spiro atoms. The van der Waals surface area contributed by atoms with Crippen molar-refractivity contribution >= 4 is 32.4 Å². The number of hydrogen-bond donors (Lipinski definition) is 1. The first kappa shape index (κ1) is 11.0. The third-order valence-corrected chi connectivity index (χ3v) is 4.60. The fourth-order valence-electron chi connectivity index (χ4n) is 2.70. The first-order valence-corrected chi connectivity index (χ1v) is 7.44. The molecule has 0 unspecified atom stereocenters. The van der Waals surface area contributed by atoms with Gasteiger partial charge in [0.2, 0.25) is 0 Å². The molecule has 0 saturated carbocycles. The van der Waals surface area contributed by atoms with Crippen molar-refractivity contribution in [3.63, 3.8) is 0 Å². The van der Waals surface area contributed by atoms with E-state index in [-0.39, 0.29) is 0 Å². The van der Waals surface area contributed by atoms with Gasteiger partial charge in [0, 0.05) is 5.69 Å². The Morgan fingerprint density at radius 2 is 1.89 bits per heavy atom. The maximum atomic E-state index is 4.61. The standard InChI is InChI=1S/C16H14N2S/c1-2-7-15-14(6-1)18-16(19-15)17-13-9-8-11-4-3-5-12(11)10-13/h1-2,6-10H,3-5H2,(H,17,18). The van der Waals surface area contributed by atoms with E-state index in [1.54, 1.807) is 11.3 Å². The molecule has 1 heterocycles. The predicted molar refractivity (Wildman–Crippen MR) is 81.4 cm³/mol. The highest BCUT2D eigenvalue weighted by atomic mass is 32.1. The monoisotopic (exact) mass is 266 g/mol. The Labute approximate surface area is 116 Å². The summed E-state index contributed by atoms with van der Waals surface area (Å²) in [5.74, 6) is 0. The summed E-state index contributed by atoms with van der Waals surface area (Å²) < 4.78 is 1.23. The molecular formula is C16H14N2S. The van der Waals surface area contributed by atoms with Gasteiger partial charge in [-0.05, 0) is 54.7 Å². The van der Waals surface area contributed by atoms with Gasteiger partial charge in [-0.25, -0.2) is 4.98 Å². The average molecular weight is 266 g/mol. The van der Waals surface area contributed by atoms with E-state index in [0.29, 0.717) is 0 Å². The Morgan fingerprint density at radius 1 is 1.00 bits per heavy atom. The lowest BCUT2D eigenvalue weighted by molar-refractivity contribution is 0.912. The number of thiazole rings is 1. The topological polar surface area (TPSA) is 24.9 Å². The van der Waals surface area contributed by atoms with E-state index in [1.165, 1.54) is 35.1 Å². The van der Waals surface area contributed by atoms with E-state index < -0.39 is 0 Å². The third-order valence-electron chi connectivity index (χ3n) is 3.64. The van der Waals surface area contributed by atoms with Crippen LogP contribution >= 0.6 is 11.3 Å². The van der Waals surface area contributed by atoms with Gasteiger partial charge in [-0.1, -0.05) is 29.5 Å². The quantitative estimate of drug-likeness (QED) is 0.737. The number of aromatic nitrogens is 1. The van der Waals surface area contributed by atoms with E-state index >= 15 is 0 Å². The van der Waals surface area contributed by atoms with Crippen LogP contribution in [0.2, 0.25) is 0 Å². The number of anilines is 2. The fraction of sp³-hybridized carbons (Fsp3) is 0.188. The maximum Gasteiger partial charge on any atom is 0.188 e. The molecular weight excluding hydrogens is 252 g/mol. The van der Waals surface area contributed by atoms with Crippen molar-refractivity contribution in [1.82, 2.24) is 4.98 Å². The molecule has 0 amide bonds. The molecule has 19 heavy (non-hydrogen) atoms. The highest BCUT2D eigenvalue weighted by molar-refractivity contribution is 7.22. The van der Waals surface area contributed by atoms with Crippen LogP contribution in [0.1, 0.15) is 17.5 Å². The molecule has 94 valence electrons. The van der Waals surface area contributed by atoms with Crippen molar-refractivity contribution in [3.05, 3.63) is 53.6 Å². The molecule has 0 bridgehead atoms. The number of para-hydroxylation sites is 1. The zero-order valence-electron chi connectivity index (χ0n) is 10.5. The largest absolute Gasteiger partial charge is 0.332 e. The van der Waals surface area contributed by atoms with Crippen molar-refractivity contribution in [2.45, 2.75) is 19.3 Å². The van der Waals surface area contributed by atoms with Crippen molar-refractivity contribution in [3.8, 4) is 0 Å². The smallest absolute Gasteiger partial charge is 0.188 e. The SMILES string of the molecule is c1ccc2sc(Nc3ccc4c(c3)CCC4)nc2c1. The van der Waals surface area contributed by atoms with Crippen molar-refractivity contribution < 1.29 is 0 Å². The molecule has 4 rings (SSSR count). The minimum Gasteiger partial charge on any atom is -0.332 e. The van der Waals surface area contributed by atoms with Crippen LogP contribution in [0, 0.1) is 0 Å². The summed E-state index contributed by atoms with van der Waals surface area (Å²) >= 11 is 1.70. The van der Waals surface area contributed by atoms with Crippen molar-refractivity contribution in [2.24, 2.45) is 0 Å². The highest BCUT2D eigenvalue weighted by Gasteiger charge is 2.11. The molecule has 0 aliphatic heterocycles. The van der Waals surface area contributed by atoms with E-state index in [9.17, 15) is 0 Å². The molecule has 0 atom stereocenters. The number of fused-ring (bicyclic) bond motifs is 2. The van der Waals surface area contributed by atoms with Crippen LogP contribution in [-0.2, 0) is 12.8 Å². The second kappa shape index (κ2) is 4.35.